The minimum atomic E-state index is -0.469. The number of likely N-dealkylation sites (tertiary alicyclic amines) is 2. The van der Waals surface area contributed by atoms with E-state index in [0.717, 1.165) is 31.8 Å². The second-order valence-electron chi connectivity index (χ2n) is 11.2. The number of ether oxygens (including phenoxy) is 1. The molecule has 1 saturated carbocycles. The van der Waals surface area contributed by atoms with Crippen LogP contribution in [0, 0.1) is 23.2 Å². The van der Waals surface area contributed by atoms with Crippen LogP contribution in [-0.2, 0) is 9.53 Å². The maximum Gasteiger partial charge on any atom is 0.315 e. The maximum atomic E-state index is 12.9. The smallest absolute Gasteiger partial charge is 0.315 e. The predicted octanol–water partition coefficient (Wildman–Crippen LogP) is 0.388. The Morgan fingerprint density at radius 2 is 1.87 bits per heavy atom. The van der Waals surface area contributed by atoms with E-state index in [0.29, 0.717) is 5.92 Å². The van der Waals surface area contributed by atoms with Crippen molar-refractivity contribution in [3.8, 4) is 0 Å². The van der Waals surface area contributed by atoms with Crippen molar-refractivity contribution in [3.63, 3.8) is 0 Å². The van der Waals surface area contributed by atoms with Crippen LogP contribution in [0.2, 0.25) is 0 Å². The summed E-state index contributed by atoms with van der Waals surface area (Å²) in [6, 6.07) is 0.826. The SMILES string of the molecule is C[C@H]1CCC=C2C[C@H]3OC(=O)[C@@H](C[NH+]4CCC([NH+]5CCCCC5)CC4)[C@H]3[C@H](O)[C@@]21C. The van der Waals surface area contributed by atoms with Crippen molar-refractivity contribution in [3.05, 3.63) is 11.6 Å². The lowest BCUT2D eigenvalue weighted by atomic mass is 9.55. The molecule has 6 atom stereocenters. The van der Waals surface area contributed by atoms with E-state index in [4.69, 9.17) is 4.74 Å². The molecule has 0 aromatic carbocycles. The first kappa shape index (κ1) is 21.0. The Morgan fingerprint density at radius 1 is 1.13 bits per heavy atom. The van der Waals surface area contributed by atoms with Crippen LogP contribution in [0.4, 0.5) is 0 Å². The summed E-state index contributed by atoms with van der Waals surface area (Å²) >= 11 is 0. The number of quaternary nitrogens is 2. The van der Waals surface area contributed by atoms with Gasteiger partial charge in [0, 0.05) is 30.6 Å². The lowest BCUT2D eigenvalue weighted by Gasteiger charge is -2.51. The van der Waals surface area contributed by atoms with Gasteiger partial charge >= 0.3 is 5.97 Å². The molecule has 3 heterocycles. The van der Waals surface area contributed by atoms with Gasteiger partial charge in [0.1, 0.15) is 12.0 Å². The van der Waals surface area contributed by atoms with Crippen LogP contribution in [-0.4, -0.2) is 62.0 Å². The molecule has 0 radical (unpaired) electrons. The molecule has 0 aromatic rings. The monoisotopic (exact) mass is 418 g/mol. The van der Waals surface area contributed by atoms with E-state index in [9.17, 15) is 9.90 Å². The molecule has 0 unspecified atom stereocenters. The van der Waals surface area contributed by atoms with Gasteiger partial charge in [-0.15, -0.1) is 0 Å². The first-order valence-electron chi connectivity index (χ1n) is 12.7. The number of carbonyl (C=O) groups is 1. The molecule has 3 saturated heterocycles. The summed E-state index contributed by atoms with van der Waals surface area (Å²) in [7, 11) is 0. The van der Waals surface area contributed by atoms with Crippen LogP contribution in [0.25, 0.3) is 0 Å². The van der Waals surface area contributed by atoms with E-state index in [-0.39, 0.29) is 29.3 Å². The summed E-state index contributed by atoms with van der Waals surface area (Å²) in [5.74, 6) is 0.251. The van der Waals surface area contributed by atoms with Crippen molar-refractivity contribution in [2.75, 3.05) is 32.7 Å². The molecule has 4 fully saturated rings. The van der Waals surface area contributed by atoms with Crippen LogP contribution in [0.5, 0.6) is 0 Å². The van der Waals surface area contributed by atoms with Crippen molar-refractivity contribution in [1.29, 1.82) is 0 Å². The third-order valence-electron chi connectivity index (χ3n) is 9.84. The average Bonchev–Trinajstić information content (AvgIpc) is 3.07. The van der Waals surface area contributed by atoms with Crippen molar-refractivity contribution >= 4 is 5.97 Å². The van der Waals surface area contributed by atoms with E-state index in [2.05, 4.69) is 19.9 Å². The first-order chi connectivity index (χ1) is 14.5. The first-order valence-corrected chi connectivity index (χ1v) is 12.7. The molecular formula is C25H42N2O3+2. The minimum absolute atomic E-state index is 0.0295. The number of fused-ring (bicyclic) bond motifs is 2. The van der Waals surface area contributed by atoms with E-state index >= 15 is 0 Å². The highest BCUT2D eigenvalue weighted by molar-refractivity contribution is 5.76. The molecule has 5 rings (SSSR count). The molecule has 3 aliphatic heterocycles. The molecule has 5 nitrogen and oxygen atoms in total. The third-order valence-corrected chi connectivity index (χ3v) is 9.84. The maximum absolute atomic E-state index is 12.9. The third kappa shape index (κ3) is 3.45. The summed E-state index contributed by atoms with van der Waals surface area (Å²) in [6.07, 6.45) is 11.6. The fourth-order valence-corrected chi connectivity index (χ4v) is 7.66. The molecule has 5 aliphatic rings. The Balaban J connectivity index is 1.25. The number of esters is 1. The van der Waals surface area contributed by atoms with Gasteiger partial charge in [-0.3, -0.25) is 4.79 Å². The van der Waals surface area contributed by atoms with E-state index in [1.54, 1.807) is 4.90 Å². The highest BCUT2D eigenvalue weighted by Gasteiger charge is 2.60. The number of hydrogen-bond donors (Lipinski definition) is 3. The van der Waals surface area contributed by atoms with Gasteiger partial charge in [0.2, 0.25) is 0 Å². The van der Waals surface area contributed by atoms with Crippen LogP contribution in [0.1, 0.15) is 65.2 Å². The summed E-state index contributed by atoms with van der Waals surface area (Å²) < 4.78 is 5.88. The number of piperidine rings is 2. The second-order valence-corrected chi connectivity index (χ2v) is 11.2. The Kier molecular flexibility index (Phi) is 5.74. The normalized spacial score (nSPS) is 47.2. The summed E-state index contributed by atoms with van der Waals surface area (Å²) in [5.41, 5.74) is 1.15. The zero-order chi connectivity index (χ0) is 20.9. The second kappa shape index (κ2) is 8.22. The Hall–Kier alpha value is -0.910. The number of allylic oxidation sites excluding steroid dienone is 1. The molecule has 0 amide bonds. The van der Waals surface area contributed by atoms with Crippen LogP contribution in [0.15, 0.2) is 11.6 Å². The zero-order valence-electron chi connectivity index (χ0n) is 19.0. The molecule has 3 N–H and O–H groups in total. The van der Waals surface area contributed by atoms with E-state index in [1.165, 1.54) is 63.9 Å². The van der Waals surface area contributed by atoms with Gasteiger partial charge in [-0.25, -0.2) is 0 Å². The molecule has 2 aliphatic carbocycles. The summed E-state index contributed by atoms with van der Waals surface area (Å²) in [5, 5.41) is 11.5. The zero-order valence-corrected chi connectivity index (χ0v) is 19.0. The Labute approximate surface area is 181 Å². The molecule has 0 bridgehead atoms. The number of aliphatic hydroxyl groups excluding tert-OH is 1. The van der Waals surface area contributed by atoms with E-state index in [1.807, 2.05) is 4.90 Å². The number of nitrogens with one attached hydrogen (secondary N) is 2. The largest absolute Gasteiger partial charge is 0.461 e. The van der Waals surface area contributed by atoms with Crippen LogP contribution >= 0.6 is 0 Å². The Morgan fingerprint density at radius 3 is 2.60 bits per heavy atom. The van der Waals surface area contributed by atoms with Crippen molar-refractivity contribution in [2.45, 2.75) is 83.5 Å². The lowest BCUT2D eigenvalue weighted by molar-refractivity contribution is -0.961. The molecular weight excluding hydrogens is 376 g/mol. The Bertz CT molecular complexity index is 680. The van der Waals surface area contributed by atoms with Gasteiger partial charge < -0.3 is 19.6 Å². The lowest BCUT2D eigenvalue weighted by Crippen LogP contribution is -3.21. The standard InChI is InChI=1S/C25H40N2O3/c1-17-7-6-8-18-15-21-22(23(28)25(17,18)2)20(24(29)30-21)16-26-13-9-19(10-14-26)27-11-4-3-5-12-27/h8,17,19-23,28H,3-7,9-16H2,1-2H3/p+2/t17-,20-,21+,22+,23-,25+/m0/s1. The summed E-state index contributed by atoms with van der Waals surface area (Å²) in [4.78, 5) is 16.3. The highest BCUT2D eigenvalue weighted by atomic mass is 16.6. The fourth-order valence-electron chi connectivity index (χ4n) is 7.66. The van der Waals surface area contributed by atoms with Gasteiger partial charge in [-0.1, -0.05) is 25.5 Å². The van der Waals surface area contributed by atoms with Crippen molar-refractivity contribution < 1.29 is 24.4 Å². The molecule has 30 heavy (non-hydrogen) atoms. The number of aliphatic hydroxyl groups is 1. The fraction of sp³-hybridized carbons (Fsp3) is 0.880. The quantitative estimate of drug-likeness (QED) is 0.459. The van der Waals surface area contributed by atoms with Gasteiger partial charge in [0.25, 0.3) is 0 Å². The van der Waals surface area contributed by atoms with E-state index < -0.39 is 6.10 Å². The van der Waals surface area contributed by atoms with Crippen LogP contribution < -0.4 is 9.80 Å². The minimum Gasteiger partial charge on any atom is -0.461 e. The molecule has 168 valence electrons. The topological polar surface area (TPSA) is 55.4 Å². The summed E-state index contributed by atoms with van der Waals surface area (Å²) in [6.45, 7) is 10.4. The predicted molar refractivity (Wildman–Crippen MR) is 115 cm³/mol. The molecule has 5 heteroatoms. The number of hydrogen-bond acceptors (Lipinski definition) is 3. The average molecular weight is 419 g/mol. The highest BCUT2D eigenvalue weighted by Crippen LogP contribution is 2.55. The van der Waals surface area contributed by atoms with Gasteiger partial charge in [-0.2, -0.15) is 0 Å². The molecule has 0 spiro atoms. The number of carbonyl (C=O) groups excluding carboxylic acids is 1. The molecule has 0 aromatic heterocycles. The van der Waals surface area contributed by atoms with Gasteiger partial charge in [0.05, 0.1) is 44.9 Å². The van der Waals surface area contributed by atoms with Gasteiger partial charge in [0.15, 0.2) is 0 Å². The van der Waals surface area contributed by atoms with Crippen LogP contribution in [0.3, 0.4) is 0 Å². The van der Waals surface area contributed by atoms with Crippen molar-refractivity contribution in [1.82, 2.24) is 0 Å². The number of rotatable bonds is 3. The van der Waals surface area contributed by atoms with Crippen molar-refractivity contribution in [2.24, 2.45) is 23.2 Å². The van der Waals surface area contributed by atoms with Gasteiger partial charge in [-0.05, 0) is 38.0 Å².